The lowest BCUT2D eigenvalue weighted by molar-refractivity contribution is 0.140. The number of aliphatic hydroxyl groups is 1. The van der Waals surface area contributed by atoms with E-state index < -0.39 is 0 Å². The minimum atomic E-state index is 0.146. The van der Waals surface area contributed by atoms with Crippen molar-refractivity contribution in [3.05, 3.63) is 27.7 Å². The SMILES string of the molecule is CC(CO)N(C)CCOc1ccc(Cl)cc1Br. The van der Waals surface area contributed by atoms with E-state index in [1.54, 1.807) is 12.1 Å². The average Bonchev–Trinajstić information content (AvgIpc) is 2.30. The van der Waals surface area contributed by atoms with Gasteiger partial charge in [0, 0.05) is 17.6 Å². The molecule has 0 saturated carbocycles. The van der Waals surface area contributed by atoms with Crippen LogP contribution in [0.5, 0.6) is 5.75 Å². The molecule has 0 radical (unpaired) electrons. The Morgan fingerprint density at radius 3 is 2.82 bits per heavy atom. The number of likely N-dealkylation sites (N-methyl/N-ethyl adjacent to an activating group) is 1. The second-order valence-electron chi connectivity index (χ2n) is 3.94. The van der Waals surface area contributed by atoms with Gasteiger partial charge in [-0.25, -0.2) is 0 Å². The highest BCUT2D eigenvalue weighted by atomic mass is 79.9. The van der Waals surface area contributed by atoms with Crippen LogP contribution in [0.3, 0.4) is 0 Å². The quantitative estimate of drug-likeness (QED) is 0.874. The molecule has 5 heteroatoms. The molecule has 0 fully saturated rings. The summed E-state index contributed by atoms with van der Waals surface area (Å²) in [6, 6.07) is 5.58. The molecule has 1 atom stereocenters. The normalized spacial score (nSPS) is 12.8. The maximum absolute atomic E-state index is 8.99. The summed E-state index contributed by atoms with van der Waals surface area (Å²) in [5.74, 6) is 0.777. The Labute approximate surface area is 115 Å². The van der Waals surface area contributed by atoms with E-state index in [2.05, 4.69) is 15.9 Å². The molecule has 0 spiro atoms. The van der Waals surface area contributed by atoms with Crippen LogP contribution in [-0.4, -0.2) is 42.9 Å². The monoisotopic (exact) mass is 321 g/mol. The van der Waals surface area contributed by atoms with Crippen molar-refractivity contribution in [3.63, 3.8) is 0 Å². The van der Waals surface area contributed by atoms with Gasteiger partial charge in [0.15, 0.2) is 0 Å². The van der Waals surface area contributed by atoms with Crippen molar-refractivity contribution in [2.24, 2.45) is 0 Å². The molecule has 0 aliphatic carbocycles. The lowest BCUT2D eigenvalue weighted by Gasteiger charge is -2.22. The smallest absolute Gasteiger partial charge is 0.133 e. The van der Waals surface area contributed by atoms with E-state index in [0.717, 1.165) is 16.8 Å². The predicted molar refractivity (Wildman–Crippen MR) is 73.8 cm³/mol. The lowest BCUT2D eigenvalue weighted by Crippen LogP contribution is -2.35. The van der Waals surface area contributed by atoms with Crippen molar-refractivity contribution in [2.75, 3.05) is 26.8 Å². The molecular formula is C12H17BrClNO2. The molecule has 1 aromatic rings. The Balaban J connectivity index is 2.40. The Hall–Kier alpha value is -0.290. The first-order chi connectivity index (χ1) is 8.04. The van der Waals surface area contributed by atoms with E-state index in [4.69, 9.17) is 21.4 Å². The van der Waals surface area contributed by atoms with Crippen LogP contribution >= 0.6 is 27.5 Å². The van der Waals surface area contributed by atoms with Crippen molar-refractivity contribution in [2.45, 2.75) is 13.0 Å². The van der Waals surface area contributed by atoms with Crippen molar-refractivity contribution in [1.29, 1.82) is 0 Å². The molecule has 0 aliphatic heterocycles. The summed E-state index contributed by atoms with van der Waals surface area (Å²) in [7, 11) is 1.96. The summed E-state index contributed by atoms with van der Waals surface area (Å²) in [6.45, 7) is 3.46. The third kappa shape index (κ3) is 4.84. The summed E-state index contributed by atoms with van der Waals surface area (Å²) < 4.78 is 6.48. The van der Waals surface area contributed by atoms with Crippen LogP contribution in [-0.2, 0) is 0 Å². The number of aliphatic hydroxyl groups excluding tert-OH is 1. The number of hydrogen-bond donors (Lipinski definition) is 1. The second-order valence-corrected chi connectivity index (χ2v) is 5.23. The summed E-state index contributed by atoms with van der Waals surface area (Å²) in [5, 5.41) is 9.67. The first-order valence-electron chi connectivity index (χ1n) is 5.43. The van der Waals surface area contributed by atoms with Crippen molar-refractivity contribution < 1.29 is 9.84 Å². The van der Waals surface area contributed by atoms with Gasteiger partial charge in [-0.1, -0.05) is 11.6 Å². The predicted octanol–water partition coefficient (Wildman–Crippen LogP) is 2.79. The van der Waals surface area contributed by atoms with Crippen LogP contribution in [0.15, 0.2) is 22.7 Å². The largest absolute Gasteiger partial charge is 0.491 e. The molecular weight excluding hydrogens is 305 g/mol. The first kappa shape index (κ1) is 14.8. The van der Waals surface area contributed by atoms with Crippen LogP contribution < -0.4 is 4.74 Å². The van der Waals surface area contributed by atoms with Crippen molar-refractivity contribution >= 4 is 27.5 Å². The fraction of sp³-hybridized carbons (Fsp3) is 0.500. The molecule has 0 bridgehead atoms. The molecule has 17 heavy (non-hydrogen) atoms. The fourth-order valence-corrected chi connectivity index (χ4v) is 2.05. The number of ether oxygens (including phenoxy) is 1. The van der Waals surface area contributed by atoms with Crippen LogP contribution in [0.25, 0.3) is 0 Å². The van der Waals surface area contributed by atoms with Gasteiger partial charge in [0.05, 0.1) is 11.1 Å². The van der Waals surface area contributed by atoms with E-state index in [0.29, 0.717) is 11.6 Å². The molecule has 3 nitrogen and oxygen atoms in total. The van der Waals surface area contributed by atoms with Crippen LogP contribution in [0.1, 0.15) is 6.92 Å². The number of hydrogen-bond acceptors (Lipinski definition) is 3. The van der Waals surface area contributed by atoms with Gasteiger partial charge >= 0.3 is 0 Å². The van der Waals surface area contributed by atoms with E-state index >= 15 is 0 Å². The molecule has 0 heterocycles. The van der Waals surface area contributed by atoms with Gasteiger partial charge in [0.1, 0.15) is 12.4 Å². The Kier molecular flexibility index (Phi) is 6.27. The number of benzene rings is 1. The highest BCUT2D eigenvalue weighted by Gasteiger charge is 2.08. The lowest BCUT2D eigenvalue weighted by atomic mass is 10.3. The topological polar surface area (TPSA) is 32.7 Å². The number of nitrogens with zero attached hydrogens (tertiary/aromatic N) is 1. The molecule has 1 rings (SSSR count). The molecule has 1 N–H and O–H groups in total. The van der Waals surface area contributed by atoms with Gasteiger partial charge in [-0.2, -0.15) is 0 Å². The molecule has 0 aromatic heterocycles. The van der Waals surface area contributed by atoms with Gasteiger partial charge in [-0.3, -0.25) is 4.90 Å². The minimum Gasteiger partial charge on any atom is -0.491 e. The molecule has 1 aromatic carbocycles. The molecule has 1 unspecified atom stereocenters. The molecule has 96 valence electrons. The maximum Gasteiger partial charge on any atom is 0.133 e. The zero-order valence-electron chi connectivity index (χ0n) is 9.99. The summed E-state index contributed by atoms with van der Waals surface area (Å²) in [4.78, 5) is 2.05. The molecule has 0 saturated heterocycles. The minimum absolute atomic E-state index is 0.146. The third-order valence-electron chi connectivity index (χ3n) is 2.61. The van der Waals surface area contributed by atoms with Crippen molar-refractivity contribution in [3.8, 4) is 5.75 Å². The fourth-order valence-electron chi connectivity index (χ4n) is 1.25. The van der Waals surface area contributed by atoms with Crippen molar-refractivity contribution in [1.82, 2.24) is 4.90 Å². The van der Waals surface area contributed by atoms with Gasteiger partial charge in [-0.15, -0.1) is 0 Å². The van der Waals surface area contributed by atoms with Crippen LogP contribution in [0, 0.1) is 0 Å². The Bertz CT molecular complexity index is 362. The standard InChI is InChI=1S/C12H17BrClNO2/c1-9(8-16)15(2)5-6-17-12-4-3-10(14)7-11(12)13/h3-4,7,9,16H,5-6,8H2,1-2H3. The average molecular weight is 323 g/mol. The third-order valence-corrected chi connectivity index (χ3v) is 3.47. The number of rotatable bonds is 6. The second kappa shape index (κ2) is 7.21. The summed E-state index contributed by atoms with van der Waals surface area (Å²) in [5.41, 5.74) is 0. The Morgan fingerprint density at radius 2 is 2.24 bits per heavy atom. The van der Waals surface area contributed by atoms with Gasteiger partial charge in [-0.05, 0) is 48.1 Å². The maximum atomic E-state index is 8.99. The molecule has 0 amide bonds. The highest BCUT2D eigenvalue weighted by Crippen LogP contribution is 2.27. The Morgan fingerprint density at radius 1 is 1.53 bits per heavy atom. The van der Waals surface area contributed by atoms with E-state index in [1.165, 1.54) is 0 Å². The van der Waals surface area contributed by atoms with E-state index in [1.807, 2.05) is 24.9 Å². The summed E-state index contributed by atoms with van der Waals surface area (Å²) in [6.07, 6.45) is 0. The first-order valence-corrected chi connectivity index (χ1v) is 6.60. The van der Waals surface area contributed by atoms with Crippen LogP contribution in [0.4, 0.5) is 0 Å². The summed E-state index contributed by atoms with van der Waals surface area (Å²) >= 11 is 9.23. The molecule has 0 aliphatic rings. The zero-order chi connectivity index (χ0) is 12.8. The van der Waals surface area contributed by atoms with Gasteiger partial charge < -0.3 is 9.84 Å². The number of halogens is 2. The highest BCUT2D eigenvalue weighted by molar-refractivity contribution is 9.10. The van der Waals surface area contributed by atoms with Gasteiger partial charge in [0.25, 0.3) is 0 Å². The van der Waals surface area contributed by atoms with Gasteiger partial charge in [0.2, 0.25) is 0 Å². The van der Waals surface area contributed by atoms with Crippen LogP contribution in [0.2, 0.25) is 5.02 Å². The van der Waals surface area contributed by atoms with E-state index in [-0.39, 0.29) is 12.6 Å². The van der Waals surface area contributed by atoms with E-state index in [9.17, 15) is 0 Å². The zero-order valence-corrected chi connectivity index (χ0v) is 12.3.